The van der Waals surface area contributed by atoms with Crippen LogP contribution < -0.4 is 10.6 Å². The first-order valence-electron chi connectivity index (χ1n) is 10.9. The van der Waals surface area contributed by atoms with E-state index in [-0.39, 0.29) is 17.9 Å². The van der Waals surface area contributed by atoms with Crippen LogP contribution in [-0.4, -0.2) is 65.5 Å². The maximum atomic E-state index is 12.6. The third kappa shape index (κ3) is 7.31. The minimum atomic E-state index is -0.0783. The molecule has 0 aromatic carbocycles. The summed E-state index contributed by atoms with van der Waals surface area (Å²) >= 11 is 0. The van der Waals surface area contributed by atoms with Crippen LogP contribution in [0.25, 0.3) is 0 Å². The van der Waals surface area contributed by atoms with Crippen molar-refractivity contribution in [3.05, 3.63) is 24.4 Å². The number of hydrogen-bond donors (Lipinski definition) is 2. The lowest BCUT2D eigenvalue weighted by Crippen LogP contribution is -2.50. The number of pyridine rings is 1. The Morgan fingerprint density at radius 2 is 1.90 bits per heavy atom. The Bertz CT molecular complexity index is 625. The van der Waals surface area contributed by atoms with Gasteiger partial charge in [-0.1, -0.05) is 33.8 Å². The van der Waals surface area contributed by atoms with Crippen molar-refractivity contribution in [2.24, 2.45) is 11.8 Å². The molecule has 1 fully saturated rings. The van der Waals surface area contributed by atoms with E-state index in [9.17, 15) is 9.59 Å². The van der Waals surface area contributed by atoms with Gasteiger partial charge in [0, 0.05) is 37.8 Å². The largest absolute Gasteiger partial charge is 0.336 e. The van der Waals surface area contributed by atoms with Gasteiger partial charge in [-0.05, 0) is 50.4 Å². The van der Waals surface area contributed by atoms with Crippen molar-refractivity contribution in [1.29, 1.82) is 0 Å². The van der Waals surface area contributed by atoms with E-state index >= 15 is 0 Å². The third-order valence-corrected chi connectivity index (χ3v) is 5.63. The number of piperidine rings is 1. The molecular weight excluding hydrogens is 366 g/mol. The summed E-state index contributed by atoms with van der Waals surface area (Å²) in [6, 6.07) is 5.79. The fourth-order valence-corrected chi connectivity index (χ4v) is 3.97. The Balaban J connectivity index is 1.79. The molecule has 1 aliphatic rings. The highest BCUT2D eigenvalue weighted by atomic mass is 16.2. The molecule has 1 atom stereocenters. The molecule has 0 saturated carbocycles. The molecule has 2 heterocycles. The van der Waals surface area contributed by atoms with Gasteiger partial charge >= 0.3 is 6.03 Å². The summed E-state index contributed by atoms with van der Waals surface area (Å²) in [7, 11) is 0. The molecule has 1 aromatic heterocycles. The zero-order chi connectivity index (χ0) is 21.2. The molecule has 7 nitrogen and oxygen atoms in total. The summed E-state index contributed by atoms with van der Waals surface area (Å²) in [5, 5.41) is 5.99. The molecule has 7 heteroatoms. The van der Waals surface area contributed by atoms with E-state index in [2.05, 4.69) is 48.2 Å². The van der Waals surface area contributed by atoms with Crippen molar-refractivity contribution < 1.29 is 9.59 Å². The van der Waals surface area contributed by atoms with E-state index in [4.69, 9.17) is 0 Å². The second kappa shape index (κ2) is 11.8. The minimum Gasteiger partial charge on any atom is -0.336 e. The van der Waals surface area contributed by atoms with Crippen LogP contribution in [0.2, 0.25) is 0 Å². The van der Waals surface area contributed by atoms with Gasteiger partial charge in [0.25, 0.3) is 0 Å². The van der Waals surface area contributed by atoms with E-state index in [1.54, 1.807) is 12.3 Å². The third-order valence-electron chi connectivity index (χ3n) is 5.63. The van der Waals surface area contributed by atoms with E-state index < -0.39 is 0 Å². The lowest BCUT2D eigenvalue weighted by atomic mass is 9.96. The molecule has 0 unspecified atom stereocenters. The number of rotatable bonds is 9. The number of hydrogen-bond acceptors (Lipinski definition) is 4. The maximum Gasteiger partial charge on any atom is 0.317 e. The molecule has 3 amide bonds. The normalized spacial score (nSPS) is 16.1. The molecular formula is C22H37N5O2. The first-order chi connectivity index (χ1) is 13.9. The van der Waals surface area contributed by atoms with Gasteiger partial charge in [0.05, 0.1) is 0 Å². The topological polar surface area (TPSA) is 77.6 Å². The van der Waals surface area contributed by atoms with Gasteiger partial charge in [0.2, 0.25) is 5.91 Å². The summed E-state index contributed by atoms with van der Waals surface area (Å²) < 4.78 is 0. The van der Waals surface area contributed by atoms with Crippen LogP contribution in [0, 0.1) is 11.8 Å². The van der Waals surface area contributed by atoms with Gasteiger partial charge in [-0.2, -0.15) is 0 Å². The van der Waals surface area contributed by atoms with Gasteiger partial charge in [0.1, 0.15) is 5.82 Å². The van der Waals surface area contributed by atoms with Crippen LogP contribution >= 0.6 is 0 Å². The molecule has 2 N–H and O–H groups in total. The SMILES string of the molecule is CCN(CC)[C@H](CNC(=O)N1CCC(C(=O)Nc2ccccn2)CC1)CC(C)C. The molecule has 0 bridgehead atoms. The number of likely N-dealkylation sites (N-methyl/N-ethyl adjacent to an activating group) is 1. The fourth-order valence-electron chi connectivity index (χ4n) is 3.97. The number of amides is 3. The van der Waals surface area contributed by atoms with Crippen LogP contribution in [0.5, 0.6) is 0 Å². The van der Waals surface area contributed by atoms with Crippen LogP contribution in [0.1, 0.15) is 47.0 Å². The van der Waals surface area contributed by atoms with Crippen LogP contribution in [0.4, 0.5) is 10.6 Å². The monoisotopic (exact) mass is 403 g/mol. The number of likely N-dealkylation sites (tertiary alicyclic amines) is 1. The number of carbonyl (C=O) groups is 2. The van der Waals surface area contributed by atoms with Crippen molar-refractivity contribution in [1.82, 2.24) is 20.1 Å². The summed E-state index contributed by atoms with van der Waals surface area (Å²) in [5.41, 5.74) is 0. The van der Waals surface area contributed by atoms with Gasteiger partial charge in [-0.15, -0.1) is 0 Å². The summed E-state index contributed by atoms with van der Waals surface area (Å²) in [4.78, 5) is 33.4. The molecule has 0 aliphatic carbocycles. The number of anilines is 1. The number of urea groups is 1. The average molecular weight is 404 g/mol. The van der Waals surface area contributed by atoms with Gasteiger partial charge in [-0.3, -0.25) is 9.69 Å². The van der Waals surface area contributed by atoms with Gasteiger partial charge < -0.3 is 15.5 Å². The molecule has 162 valence electrons. The minimum absolute atomic E-state index is 0.0118. The van der Waals surface area contributed by atoms with E-state index in [1.807, 2.05) is 17.0 Å². The first kappa shape index (κ1) is 23.1. The standard InChI is InChI=1S/C22H37N5O2/c1-5-26(6-2)19(15-17(3)4)16-24-22(29)27-13-10-18(11-14-27)21(28)25-20-9-7-8-12-23-20/h7-9,12,17-19H,5-6,10-11,13-16H2,1-4H3,(H,24,29)(H,23,25,28)/t19-/m0/s1. The predicted molar refractivity (Wildman–Crippen MR) is 117 cm³/mol. The van der Waals surface area contributed by atoms with Gasteiger partial charge in [-0.25, -0.2) is 9.78 Å². The highest BCUT2D eigenvalue weighted by Gasteiger charge is 2.28. The van der Waals surface area contributed by atoms with E-state index in [0.717, 1.165) is 19.5 Å². The number of nitrogens with zero attached hydrogens (tertiary/aromatic N) is 3. The zero-order valence-electron chi connectivity index (χ0n) is 18.4. The van der Waals surface area contributed by atoms with Crippen molar-refractivity contribution in [3.8, 4) is 0 Å². The van der Waals surface area contributed by atoms with E-state index in [0.29, 0.717) is 50.3 Å². The highest BCUT2D eigenvalue weighted by Crippen LogP contribution is 2.19. The van der Waals surface area contributed by atoms with Crippen molar-refractivity contribution in [3.63, 3.8) is 0 Å². The van der Waals surface area contributed by atoms with Crippen molar-refractivity contribution >= 4 is 17.8 Å². The molecule has 1 aliphatic heterocycles. The molecule has 1 aromatic rings. The van der Waals surface area contributed by atoms with Crippen LogP contribution in [-0.2, 0) is 4.79 Å². The fraction of sp³-hybridized carbons (Fsp3) is 0.682. The Hall–Kier alpha value is -2.15. The summed E-state index contributed by atoms with van der Waals surface area (Å²) in [5.74, 6) is 1.07. The molecule has 2 rings (SSSR count). The number of aromatic nitrogens is 1. The number of nitrogens with one attached hydrogen (secondary N) is 2. The molecule has 29 heavy (non-hydrogen) atoms. The first-order valence-corrected chi connectivity index (χ1v) is 10.9. The van der Waals surface area contributed by atoms with Crippen molar-refractivity contribution in [2.45, 2.75) is 53.0 Å². The summed E-state index contributed by atoms with van der Waals surface area (Å²) in [6.07, 6.45) is 4.08. The quantitative estimate of drug-likeness (QED) is 0.664. The predicted octanol–water partition coefficient (Wildman–Crippen LogP) is 3.20. The number of carbonyl (C=O) groups excluding carboxylic acids is 2. The maximum absolute atomic E-state index is 12.6. The van der Waals surface area contributed by atoms with Crippen LogP contribution in [0.3, 0.4) is 0 Å². The molecule has 0 spiro atoms. The van der Waals surface area contributed by atoms with E-state index in [1.165, 1.54) is 0 Å². The average Bonchev–Trinajstić information content (AvgIpc) is 2.73. The Labute approximate surface area is 175 Å². The molecule has 0 radical (unpaired) electrons. The smallest absolute Gasteiger partial charge is 0.317 e. The Kier molecular flexibility index (Phi) is 9.38. The molecule has 1 saturated heterocycles. The Morgan fingerprint density at radius 1 is 1.21 bits per heavy atom. The highest BCUT2D eigenvalue weighted by molar-refractivity contribution is 5.91. The summed E-state index contributed by atoms with van der Waals surface area (Å²) in [6.45, 7) is 12.6. The zero-order valence-corrected chi connectivity index (χ0v) is 18.4. The van der Waals surface area contributed by atoms with Gasteiger partial charge in [0.15, 0.2) is 0 Å². The lowest BCUT2D eigenvalue weighted by molar-refractivity contribution is -0.121. The van der Waals surface area contributed by atoms with Crippen molar-refractivity contribution in [2.75, 3.05) is 38.0 Å². The van der Waals surface area contributed by atoms with Crippen LogP contribution in [0.15, 0.2) is 24.4 Å². The Morgan fingerprint density at radius 3 is 2.45 bits per heavy atom. The lowest BCUT2D eigenvalue weighted by Gasteiger charge is -2.34. The second-order valence-corrected chi connectivity index (χ2v) is 8.16. The second-order valence-electron chi connectivity index (χ2n) is 8.16.